The van der Waals surface area contributed by atoms with Crippen molar-refractivity contribution >= 4 is 6.09 Å². The Hall–Kier alpha value is -2.73. The summed E-state index contributed by atoms with van der Waals surface area (Å²) < 4.78 is 23.0. The monoisotopic (exact) mass is 399 g/mol. The van der Waals surface area contributed by atoms with Gasteiger partial charge in [0, 0.05) is 13.2 Å². The summed E-state index contributed by atoms with van der Waals surface area (Å²) in [7, 11) is 1.62. The molecule has 1 amide bonds. The van der Waals surface area contributed by atoms with Crippen molar-refractivity contribution in [1.29, 1.82) is 0 Å². The van der Waals surface area contributed by atoms with Gasteiger partial charge in [0.15, 0.2) is 0 Å². The lowest BCUT2D eigenvalue weighted by atomic mass is 10.2. The average molecular weight is 399 g/mol. The highest BCUT2D eigenvalue weighted by atomic mass is 16.6. The number of amides is 1. The molecule has 0 radical (unpaired) electrons. The first-order valence-electron chi connectivity index (χ1n) is 9.78. The van der Waals surface area contributed by atoms with Gasteiger partial charge in [-0.1, -0.05) is 36.4 Å². The maximum Gasteiger partial charge on any atom is 0.410 e. The molecule has 0 aliphatic carbocycles. The fourth-order valence-electron chi connectivity index (χ4n) is 3.11. The lowest BCUT2D eigenvalue weighted by Crippen LogP contribution is -2.36. The third kappa shape index (κ3) is 6.12. The topological polar surface area (TPSA) is 57.2 Å². The van der Waals surface area contributed by atoms with Crippen LogP contribution in [-0.4, -0.2) is 49.0 Å². The zero-order valence-electron chi connectivity index (χ0n) is 17.5. The molecule has 156 valence electrons. The van der Waals surface area contributed by atoms with Crippen LogP contribution in [-0.2, 0) is 16.1 Å². The van der Waals surface area contributed by atoms with Crippen LogP contribution in [0.5, 0.6) is 11.5 Å². The van der Waals surface area contributed by atoms with Crippen LogP contribution < -0.4 is 9.47 Å². The van der Waals surface area contributed by atoms with Crippen molar-refractivity contribution in [3.63, 3.8) is 0 Å². The number of rotatable bonds is 6. The third-order valence-electron chi connectivity index (χ3n) is 4.51. The zero-order valence-corrected chi connectivity index (χ0v) is 17.5. The van der Waals surface area contributed by atoms with E-state index in [-0.39, 0.29) is 18.3 Å². The minimum Gasteiger partial charge on any atom is -0.489 e. The van der Waals surface area contributed by atoms with Gasteiger partial charge in [0.05, 0.1) is 13.1 Å². The van der Waals surface area contributed by atoms with E-state index in [0.717, 1.165) is 11.3 Å². The Morgan fingerprint density at radius 3 is 2.38 bits per heavy atom. The quantitative estimate of drug-likeness (QED) is 0.726. The Labute approximate surface area is 172 Å². The SMILES string of the molecule is COC1CN(C(=O)OC(C)(C)C)CC1Oc1cccc(OCc2ccccc2)c1. The molecule has 1 saturated heterocycles. The van der Waals surface area contributed by atoms with Gasteiger partial charge in [0.2, 0.25) is 0 Å². The molecule has 6 nitrogen and oxygen atoms in total. The van der Waals surface area contributed by atoms with Crippen LogP contribution in [0, 0.1) is 0 Å². The van der Waals surface area contributed by atoms with Crippen LogP contribution in [0.2, 0.25) is 0 Å². The molecular formula is C23H29NO5. The Kier molecular flexibility index (Phi) is 6.64. The number of benzene rings is 2. The van der Waals surface area contributed by atoms with Crippen molar-refractivity contribution in [1.82, 2.24) is 4.90 Å². The predicted molar refractivity (Wildman–Crippen MR) is 110 cm³/mol. The molecule has 3 rings (SSSR count). The van der Waals surface area contributed by atoms with E-state index in [4.69, 9.17) is 18.9 Å². The molecule has 2 aromatic carbocycles. The van der Waals surface area contributed by atoms with E-state index < -0.39 is 5.60 Å². The number of carbonyl (C=O) groups is 1. The molecule has 2 unspecified atom stereocenters. The second kappa shape index (κ2) is 9.18. The van der Waals surface area contributed by atoms with Crippen molar-refractivity contribution in [3.05, 3.63) is 60.2 Å². The minimum atomic E-state index is -0.539. The lowest BCUT2D eigenvalue weighted by molar-refractivity contribution is 0.0241. The van der Waals surface area contributed by atoms with Crippen molar-refractivity contribution in [3.8, 4) is 11.5 Å². The highest BCUT2D eigenvalue weighted by Crippen LogP contribution is 2.25. The van der Waals surface area contributed by atoms with Crippen LogP contribution in [0.25, 0.3) is 0 Å². The first-order valence-corrected chi connectivity index (χ1v) is 9.78. The molecule has 2 atom stereocenters. The van der Waals surface area contributed by atoms with E-state index in [2.05, 4.69) is 0 Å². The first kappa shape index (κ1) is 21.0. The number of likely N-dealkylation sites (tertiary alicyclic amines) is 1. The molecule has 0 spiro atoms. The van der Waals surface area contributed by atoms with Gasteiger partial charge in [0.1, 0.15) is 35.9 Å². The smallest absolute Gasteiger partial charge is 0.410 e. The molecule has 1 fully saturated rings. The average Bonchev–Trinajstić information content (AvgIpc) is 3.09. The number of methoxy groups -OCH3 is 1. The molecule has 0 N–H and O–H groups in total. The van der Waals surface area contributed by atoms with E-state index in [0.29, 0.717) is 25.4 Å². The van der Waals surface area contributed by atoms with E-state index in [1.807, 2.05) is 75.4 Å². The fourth-order valence-corrected chi connectivity index (χ4v) is 3.11. The van der Waals surface area contributed by atoms with Gasteiger partial charge in [0.25, 0.3) is 0 Å². The van der Waals surface area contributed by atoms with Crippen molar-refractivity contribution in [2.75, 3.05) is 20.2 Å². The highest BCUT2D eigenvalue weighted by molar-refractivity contribution is 5.68. The molecule has 2 aromatic rings. The summed E-state index contributed by atoms with van der Waals surface area (Å²) in [6.07, 6.45) is -0.862. The lowest BCUT2D eigenvalue weighted by Gasteiger charge is -2.24. The number of hydrogen-bond donors (Lipinski definition) is 0. The van der Waals surface area contributed by atoms with Crippen LogP contribution in [0.3, 0.4) is 0 Å². The number of carbonyl (C=O) groups excluding carboxylic acids is 1. The summed E-state index contributed by atoms with van der Waals surface area (Å²) in [6, 6.07) is 17.5. The standard InChI is InChI=1S/C23H29NO5/c1-23(2,3)29-22(25)24-14-20(26-4)21(15-24)28-19-12-8-11-18(13-19)27-16-17-9-6-5-7-10-17/h5-13,20-21H,14-16H2,1-4H3. The van der Waals surface area contributed by atoms with Gasteiger partial charge in [-0.05, 0) is 38.5 Å². The molecule has 0 saturated carbocycles. The molecular weight excluding hydrogens is 370 g/mol. The van der Waals surface area contributed by atoms with Gasteiger partial charge in [-0.2, -0.15) is 0 Å². The van der Waals surface area contributed by atoms with Crippen LogP contribution in [0.1, 0.15) is 26.3 Å². The van der Waals surface area contributed by atoms with Crippen molar-refractivity contribution in [2.45, 2.75) is 45.2 Å². The Balaban J connectivity index is 1.60. The zero-order chi connectivity index (χ0) is 20.9. The predicted octanol–water partition coefficient (Wildman–Crippen LogP) is 4.28. The normalized spacial score (nSPS) is 19.1. The van der Waals surface area contributed by atoms with Gasteiger partial charge < -0.3 is 23.8 Å². The second-order valence-corrected chi connectivity index (χ2v) is 8.06. The van der Waals surface area contributed by atoms with Crippen LogP contribution in [0.15, 0.2) is 54.6 Å². The van der Waals surface area contributed by atoms with E-state index in [9.17, 15) is 4.79 Å². The molecule has 6 heteroatoms. The highest BCUT2D eigenvalue weighted by Gasteiger charge is 2.38. The van der Waals surface area contributed by atoms with Gasteiger partial charge in [-0.3, -0.25) is 0 Å². The van der Waals surface area contributed by atoms with E-state index in [1.165, 1.54) is 0 Å². The maximum atomic E-state index is 12.4. The molecule has 29 heavy (non-hydrogen) atoms. The maximum absolute atomic E-state index is 12.4. The van der Waals surface area contributed by atoms with Gasteiger partial charge in [-0.25, -0.2) is 4.79 Å². The third-order valence-corrected chi connectivity index (χ3v) is 4.51. The van der Waals surface area contributed by atoms with Crippen LogP contribution in [0.4, 0.5) is 4.79 Å². The molecule has 0 bridgehead atoms. The van der Waals surface area contributed by atoms with Gasteiger partial charge in [-0.15, -0.1) is 0 Å². The largest absolute Gasteiger partial charge is 0.489 e. The van der Waals surface area contributed by atoms with Crippen molar-refractivity contribution in [2.24, 2.45) is 0 Å². The summed E-state index contributed by atoms with van der Waals surface area (Å²) >= 11 is 0. The molecule has 0 aromatic heterocycles. The Morgan fingerprint density at radius 2 is 1.69 bits per heavy atom. The summed E-state index contributed by atoms with van der Waals surface area (Å²) in [5.41, 5.74) is 0.560. The second-order valence-electron chi connectivity index (χ2n) is 8.06. The fraction of sp³-hybridized carbons (Fsp3) is 0.435. The van der Waals surface area contributed by atoms with E-state index in [1.54, 1.807) is 12.0 Å². The molecule has 1 aliphatic heterocycles. The first-order chi connectivity index (χ1) is 13.8. The Bertz CT molecular complexity index is 802. The summed E-state index contributed by atoms with van der Waals surface area (Å²) in [5.74, 6) is 1.40. The molecule has 1 heterocycles. The molecule has 1 aliphatic rings. The Morgan fingerprint density at radius 1 is 1.00 bits per heavy atom. The number of ether oxygens (including phenoxy) is 4. The van der Waals surface area contributed by atoms with E-state index >= 15 is 0 Å². The van der Waals surface area contributed by atoms with Crippen molar-refractivity contribution < 1.29 is 23.7 Å². The summed E-state index contributed by atoms with van der Waals surface area (Å²) in [4.78, 5) is 14.0. The summed E-state index contributed by atoms with van der Waals surface area (Å²) in [5, 5.41) is 0. The van der Waals surface area contributed by atoms with Crippen LogP contribution >= 0.6 is 0 Å². The van der Waals surface area contributed by atoms with Gasteiger partial charge >= 0.3 is 6.09 Å². The number of hydrogen-bond acceptors (Lipinski definition) is 5. The minimum absolute atomic E-state index is 0.226. The number of nitrogens with zero attached hydrogens (tertiary/aromatic N) is 1. The summed E-state index contributed by atoms with van der Waals surface area (Å²) in [6.45, 7) is 6.88.